The molecule has 1 aliphatic carbocycles. The minimum absolute atomic E-state index is 0.237. The quantitative estimate of drug-likeness (QED) is 0.525. The van der Waals surface area contributed by atoms with E-state index in [1.54, 1.807) is 18.3 Å². The number of hydrogen-bond donors (Lipinski definition) is 2. The van der Waals surface area contributed by atoms with Crippen molar-refractivity contribution in [3.63, 3.8) is 0 Å². The fraction of sp³-hybridized carbons (Fsp3) is 0.393. The summed E-state index contributed by atoms with van der Waals surface area (Å²) in [6.07, 6.45) is 6.75. The molecule has 1 fully saturated rings. The number of aromatic nitrogens is 1. The highest BCUT2D eigenvalue weighted by atomic mass is 16.3. The zero-order valence-corrected chi connectivity index (χ0v) is 19.7. The van der Waals surface area contributed by atoms with E-state index < -0.39 is 0 Å². The first kappa shape index (κ1) is 22.7. The van der Waals surface area contributed by atoms with Crippen LogP contribution in [0.15, 0.2) is 61.3 Å². The number of phenolic OH excluding ortho intramolecular Hbond substituents is 2. The Hall–Kier alpha value is -3.09. The van der Waals surface area contributed by atoms with Gasteiger partial charge in [-0.15, -0.1) is 6.58 Å². The zero-order valence-electron chi connectivity index (χ0n) is 19.7. The van der Waals surface area contributed by atoms with Crippen molar-refractivity contribution in [1.82, 2.24) is 14.8 Å². The number of nitrogens with zero attached hydrogens (tertiary/aromatic N) is 4. The van der Waals surface area contributed by atoms with Crippen LogP contribution in [0.2, 0.25) is 0 Å². The van der Waals surface area contributed by atoms with Gasteiger partial charge in [0.25, 0.3) is 0 Å². The molecule has 34 heavy (non-hydrogen) atoms. The lowest BCUT2D eigenvalue weighted by Gasteiger charge is -2.39. The maximum Gasteiger partial charge on any atom is 0.141 e. The Kier molecular flexibility index (Phi) is 6.70. The fourth-order valence-electron chi connectivity index (χ4n) is 5.57. The number of pyridine rings is 1. The van der Waals surface area contributed by atoms with Crippen molar-refractivity contribution in [3.8, 4) is 11.5 Å². The molecule has 1 saturated heterocycles. The van der Waals surface area contributed by atoms with Crippen LogP contribution in [-0.2, 0) is 12.8 Å². The third kappa shape index (κ3) is 4.61. The van der Waals surface area contributed by atoms with Crippen LogP contribution in [0.4, 0.5) is 5.69 Å². The second kappa shape index (κ2) is 10.0. The Labute approximate surface area is 201 Å². The Morgan fingerprint density at radius 2 is 1.88 bits per heavy atom. The van der Waals surface area contributed by atoms with Gasteiger partial charge in [0.15, 0.2) is 0 Å². The lowest BCUT2D eigenvalue weighted by Crippen LogP contribution is -2.50. The van der Waals surface area contributed by atoms with Gasteiger partial charge in [-0.3, -0.25) is 14.8 Å². The predicted molar refractivity (Wildman–Crippen MR) is 138 cm³/mol. The minimum Gasteiger partial charge on any atom is -0.508 e. The number of piperazine rings is 1. The summed E-state index contributed by atoms with van der Waals surface area (Å²) in [5.41, 5.74) is 4.24. The molecule has 6 nitrogen and oxygen atoms in total. The van der Waals surface area contributed by atoms with Crippen LogP contribution in [0, 0.1) is 0 Å². The van der Waals surface area contributed by atoms with E-state index in [1.165, 1.54) is 5.56 Å². The third-order valence-electron chi connectivity index (χ3n) is 7.45. The van der Waals surface area contributed by atoms with E-state index in [1.807, 2.05) is 30.3 Å². The van der Waals surface area contributed by atoms with Crippen LogP contribution in [0.3, 0.4) is 0 Å². The van der Waals surface area contributed by atoms with Gasteiger partial charge in [-0.1, -0.05) is 18.2 Å². The molecule has 0 spiro atoms. The number of rotatable bonds is 7. The van der Waals surface area contributed by atoms with Crippen molar-refractivity contribution in [3.05, 3.63) is 72.4 Å². The van der Waals surface area contributed by atoms with Gasteiger partial charge in [-0.25, -0.2) is 0 Å². The summed E-state index contributed by atoms with van der Waals surface area (Å²) >= 11 is 0. The standard InChI is InChI=1S/C28H34N4O2/c1-2-13-31(22-8-9-23-21(20-22)5-3-7-26(23)33)17-14-30-15-18-32(19-16-30)25-10-11-27(34)28-24(25)6-4-12-29-28/h2-7,10-12,22,33-34H,1,8-9,13-20H2/t22-/m1/s1. The number of fused-ring (bicyclic) bond motifs is 2. The highest BCUT2D eigenvalue weighted by molar-refractivity contribution is 5.95. The Morgan fingerprint density at radius 3 is 2.71 bits per heavy atom. The van der Waals surface area contributed by atoms with Gasteiger partial charge in [0.05, 0.1) is 0 Å². The van der Waals surface area contributed by atoms with E-state index in [0.29, 0.717) is 17.3 Å². The molecule has 2 N–H and O–H groups in total. The average molecular weight is 459 g/mol. The maximum atomic E-state index is 10.2. The van der Waals surface area contributed by atoms with Gasteiger partial charge in [-0.2, -0.15) is 0 Å². The van der Waals surface area contributed by atoms with Crippen molar-refractivity contribution in [2.24, 2.45) is 0 Å². The van der Waals surface area contributed by atoms with Crippen LogP contribution in [0.25, 0.3) is 10.9 Å². The number of hydrogen-bond acceptors (Lipinski definition) is 6. The zero-order chi connectivity index (χ0) is 23.5. The van der Waals surface area contributed by atoms with Gasteiger partial charge in [-0.05, 0) is 60.7 Å². The molecule has 0 bridgehead atoms. The average Bonchev–Trinajstić information content (AvgIpc) is 2.87. The SMILES string of the molecule is C=CCN(CCN1CCN(c2ccc(O)c3ncccc23)CC1)[C@@H]1CCc2c(O)cccc2C1. The summed E-state index contributed by atoms with van der Waals surface area (Å²) < 4.78 is 0. The van der Waals surface area contributed by atoms with Crippen molar-refractivity contribution in [1.29, 1.82) is 0 Å². The molecule has 5 rings (SSSR count). The molecule has 2 aliphatic rings. The van der Waals surface area contributed by atoms with Crippen LogP contribution >= 0.6 is 0 Å². The monoisotopic (exact) mass is 458 g/mol. The molecule has 0 saturated carbocycles. The summed E-state index contributed by atoms with van der Waals surface area (Å²) in [6, 6.07) is 14.2. The smallest absolute Gasteiger partial charge is 0.141 e. The Morgan fingerprint density at radius 1 is 1.03 bits per heavy atom. The van der Waals surface area contributed by atoms with E-state index in [-0.39, 0.29) is 5.75 Å². The van der Waals surface area contributed by atoms with E-state index >= 15 is 0 Å². The summed E-state index contributed by atoms with van der Waals surface area (Å²) in [5, 5.41) is 21.4. The number of aromatic hydroxyl groups is 2. The number of anilines is 1. The first-order chi connectivity index (χ1) is 16.6. The molecule has 3 aromatic rings. The van der Waals surface area contributed by atoms with Crippen LogP contribution in [0.5, 0.6) is 11.5 Å². The maximum absolute atomic E-state index is 10.2. The second-order valence-electron chi connectivity index (χ2n) is 9.43. The molecular formula is C28H34N4O2. The lowest BCUT2D eigenvalue weighted by atomic mass is 9.87. The molecule has 178 valence electrons. The number of benzene rings is 2. The lowest BCUT2D eigenvalue weighted by molar-refractivity contribution is 0.158. The largest absolute Gasteiger partial charge is 0.508 e. The second-order valence-corrected chi connectivity index (χ2v) is 9.43. The Balaban J connectivity index is 1.19. The normalized spacial score (nSPS) is 18.9. The summed E-state index contributed by atoms with van der Waals surface area (Å²) in [5.74, 6) is 0.683. The van der Waals surface area contributed by atoms with Gasteiger partial charge < -0.3 is 15.1 Å². The van der Waals surface area contributed by atoms with Crippen LogP contribution < -0.4 is 4.90 Å². The molecule has 0 amide bonds. The van der Waals surface area contributed by atoms with Gasteiger partial charge in [0.1, 0.15) is 17.0 Å². The topological polar surface area (TPSA) is 63.1 Å². The van der Waals surface area contributed by atoms with Crippen molar-refractivity contribution < 1.29 is 10.2 Å². The summed E-state index contributed by atoms with van der Waals surface area (Å²) in [6.45, 7) is 10.9. The van der Waals surface area contributed by atoms with Crippen LogP contribution in [0.1, 0.15) is 17.5 Å². The summed E-state index contributed by atoms with van der Waals surface area (Å²) in [4.78, 5) is 11.9. The predicted octanol–water partition coefficient (Wildman–Crippen LogP) is 3.81. The van der Waals surface area contributed by atoms with Crippen LogP contribution in [-0.4, -0.2) is 76.9 Å². The molecule has 0 unspecified atom stereocenters. The molecule has 1 aromatic heterocycles. The van der Waals surface area contributed by atoms with Crippen molar-refractivity contribution in [2.75, 3.05) is 50.7 Å². The molecule has 2 aromatic carbocycles. The van der Waals surface area contributed by atoms with Gasteiger partial charge in [0.2, 0.25) is 0 Å². The van der Waals surface area contributed by atoms with E-state index in [4.69, 9.17) is 0 Å². The molecule has 2 heterocycles. The molecule has 1 atom stereocenters. The molecule has 1 aliphatic heterocycles. The highest BCUT2D eigenvalue weighted by Crippen LogP contribution is 2.32. The van der Waals surface area contributed by atoms with Gasteiger partial charge >= 0.3 is 0 Å². The van der Waals surface area contributed by atoms with E-state index in [9.17, 15) is 10.2 Å². The van der Waals surface area contributed by atoms with Gasteiger partial charge in [0, 0.05) is 69.1 Å². The minimum atomic E-state index is 0.237. The first-order valence-corrected chi connectivity index (χ1v) is 12.3. The molecule has 0 radical (unpaired) electrons. The van der Waals surface area contributed by atoms with E-state index in [0.717, 1.165) is 81.7 Å². The molecule has 6 heteroatoms. The van der Waals surface area contributed by atoms with Crippen molar-refractivity contribution >= 4 is 16.6 Å². The summed E-state index contributed by atoms with van der Waals surface area (Å²) in [7, 11) is 0. The Bertz CT molecular complexity index is 1160. The number of phenols is 2. The first-order valence-electron chi connectivity index (χ1n) is 12.3. The third-order valence-corrected chi connectivity index (χ3v) is 7.45. The van der Waals surface area contributed by atoms with Crippen molar-refractivity contribution in [2.45, 2.75) is 25.3 Å². The van der Waals surface area contributed by atoms with E-state index in [2.05, 4.69) is 32.3 Å². The fourth-order valence-corrected chi connectivity index (χ4v) is 5.57. The highest BCUT2D eigenvalue weighted by Gasteiger charge is 2.26. The molecular weight excluding hydrogens is 424 g/mol.